The van der Waals surface area contributed by atoms with E-state index < -0.39 is 0 Å². The summed E-state index contributed by atoms with van der Waals surface area (Å²) in [6.07, 6.45) is 0. The number of nitrogens with zero attached hydrogens (tertiary/aromatic N) is 2. The maximum absolute atomic E-state index is 11.2. The molecule has 74 valence electrons. The van der Waals surface area contributed by atoms with Gasteiger partial charge < -0.3 is 5.32 Å². The van der Waals surface area contributed by atoms with Gasteiger partial charge in [0.15, 0.2) is 5.69 Å². The lowest BCUT2D eigenvalue weighted by Gasteiger charge is -2.04. The van der Waals surface area contributed by atoms with Crippen molar-refractivity contribution in [2.24, 2.45) is 5.92 Å². The van der Waals surface area contributed by atoms with E-state index in [2.05, 4.69) is 10.3 Å². The van der Waals surface area contributed by atoms with Gasteiger partial charge in [-0.25, -0.2) is 4.98 Å². The van der Waals surface area contributed by atoms with Crippen LogP contribution in [0.25, 0.3) is 0 Å². The van der Waals surface area contributed by atoms with E-state index in [1.807, 2.05) is 19.9 Å². The fraction of sp³-hybridized carbons (Fsp3) is 0.444. The van der Waals surface area contributed by atoms with Crippen molar-refractivity contribution in [3.05, 3.63) is 16.1 Å². The fourth-order valence-corrected chi connectivity index (χ4v) is 1.47. The highest BCUT2D eigenvalue weighted by atomic mass is 32.1. The number of amides is 1. The number of carbonyl (C=O) groups is 1. The molecule has 0 spiro atoms. The number of hydrogen-bond acceptors (Lipinski definition) is 4. The molecule has 1 heterocycles. The van der Waals surface area contributed by atoms with Gasteiger partial charge in [-0.15, -0.1) is 11.3 Å². The molecule has 1 aromatic rings. The van der Waals surface area contributed by atoms with E-state index in [4.69, 9.17) is 5.26 Å². The molecule has 1 aromatic heterocycles. The van der Waals surface area contributed by atoms with Crippen LogP contribution >= 0.6 is 11.3 Å². The van der Waals surface area contributed by atoms with Gasteiger partial charge in [0.2, 0.25) is 5.91 Å². The minimum atomic E-state index is -0.0228. The molecule has 0 saturated carbocycles. The summed E-state index contributed by atoms with van der Waals surface area (Å²) in [7, 11) is 0. The first kappa shape index (κ1) is 10.7. The molecule has 0 aliphatic heterocycles. The predicted molar refractivity (Wildman–Crippen MR) is 53.5 cm³/mol. The Balaban J connectivity index is 2.47. The third-order valence-corrected chi connectivity index (χ3v) is 2.45. The highest BCUT2D eigenvalue weighted by Gasteiger charge is 2.07. The molecule has 14 heavy (non-hydrogen) atoms. The number of nitrogens with one attached hydrogen (secondary N) is 1. The standard InChI is InChI=1S/C9H11N3OS/c1-6(2)9(13)11-4-8-12-7(3-10)5-14-8/h5-6H,4H2,1-2H3,(H,11,13). The van der Waals surface area contributed by atoms with E-state index in [0.717, 1.165) is 5.01 Å². The van der Waals surface area contributed by atoms with Crippen LogP contribution in [0.3, 0.4) is 0 Å². The van der Waals surface area contributed by atoms with Gasteiger partial charge in [-0.1, -0.05) is 13.8 Å². The summed E-state index contributed by atoms with van der Waals surface area (Å²) < 4.78 is 0. The summed E-state index contributed by atoms with van der Waals surface area (Å²) in [5.41, 5.74) is 0.406. The first-order valence-corrected chi connectivity index (χ1v) is 5.13. The van der Waals surface area contributed by atoms with Crippen molar-refractivity contribution >= 4 is 17.2 Å². The first-order valence-electron chi connectivity index (χ1n) is 4.25. The molecule has 1 N–H and O–H groups in total. The molecule has 0 aromatic carbocycles. The van der Waals surface area contributed by atoms with Crippen molar-refractivity contribution in [1.82, 2.24) is 10.3 Å². The Morgan fingerprint density at radius 2 is 2.50 bits per heavy atom. The zero-order valence-corrected chi connectivity index (χ0v) is 8.89. The average Bonchev–Trinajstić information content (AvgIpc) is 2.61. The summed E-state index contributed by atoms with van der Waals surface area (Å²) in [5, 5.41) is 13.7. The minimum Gasteiger partial charge on any atom is -0.349 e. The second-order valence-corrected chi connectivity index (χ2v) is 4.05. The van der Waals surface area contributed by atoms with Crippen LogP contribution in [0, 0.1) is 17.2 Å². The van der Waals surface area contributed by atoms with Crippen LogP contribution in [0.4, 0.5) is 0 Å². The summed E-state index contributed by atoms with van der Waals surface area (Å²) in [5.74, 6) is -0.0240. The molecule has 0 bridgehead atoms. The highest BCUT2D eigenvalue weighted by molar-refractivity contribution is 7.09. The number of rotatable bonds is 3. The zero-order chi connectivity index (χ0) is 10.6. The third kappa shape index (κ3) is 2.82. The summed E-state index contributed by atoms with van der Waals surface area (Å²) >= 11 is 1.38. The largest absolute Gasteiger partial charge is 0.349 e. The summed E-state index contributed by atoms with van der Waals surface area (Å²) in [6.45, 7) is 4.07. The average molecular weight is 209 g/mol. The normalized spacial score (nSPS) is 9.86. The highest BCUT2D eigenvalue weighted by Crippen LogP contribution is 2.08. The lowest BCUT2D eigenvalue weighted by molar-refractivity contribution is -0.124. The van der Waals surface area contributed by atoms with E-state index in [-0.39, 0.29) is 11.8 Å². The second kappa shape index (κ2) is 4.72. The Kier molecular flexibility index (Phi) is 3.60. The predicted octanol–water partition coefficient (Wildman–Crippen LogP) is 1.29. The number of nitriles is 1. The van der Waals surface area contributed by atoms with Crippen LogP contribution in [0.5, 0.6) is 0 Å². The monoisotopic (exact) mass is 209 g/mol. The van der Waals surface area contributed by atoms with Crippen molar-refractivity contribution in [1.29, 1.82) is 5.26 Å². The first-order chi connectivity index (χ1) is 6.63. The Morgan fingerprint density at radius 3 is 3.00 bits per heavy atom. The van der Waals surface area contributed by atoms with Crippen LogP contribution in [0.15, 0.2) is 5.38 Å². The molecule has 0 unspecified atom stereocenters. The van der Waals surface area contributed by atoms with E-state index >= 15 is 0 Å². The van der Waals surface area contributed by atoms with Gasteiger partial charge in [0.25, 0.3) is 0 Å². The van der Waals surface area contributed by atoms with Gasteiger partial charge in [0.05, 0.1) is 6.54 Å². The van der Waals surface area contributed by atoms with Gasteiger partial charge in [0.1, 0.15) is 11.1 Å². The SMILES string of the molecule is CC(C)C(=O)NCc1nc(C#N)cs1. The maximum Gasteiger partial charge on any atom is 0.222 e. The minimum absolute atomic E-state index is 0.00120. The van der Waals surface area contributed by atoms with Crippen molar-refractivity contribution < 1.29 is 4.79 Å². The molecule has 5 heteroatoms. The van der Waals surface area contributed by atoms with E-state index in [9.17, 15) is 4.79 Å². The Hall–Kier alpha value is -1.41. The van der Waals surface area contributed by atoms with Gasteiger partial charge in [-0.05, 0) is 0 Å². The molecule has 0 radical (unpaired) electrons. The molecule has 0 saturated heterocycles. The maximum atomic E-state index is 11.2. The summed E-state index contributed by atoms with van der Waals surface area (Å²) in [6, 6.07) is 1.94. The Bertz CT molecular complexity index is 364. The third-order valence-electron chi connectivity index (χ3n) is 1.60. The Morgan fingerprint density at radius 1 is 1.79 bits per heavy atom. The van der Waals surface area contributed by atoms with Crippen LogP contribution in [0.2, 0.25) is 0 Å². The lowest BCUT2D eigenvalue weighted by atomic mass is 10.2. The molecule has 1 rings (SSSR count). The van der Waals surface area contributed by atoms with Crippen LogP contribution in [0.1, 0.15) is 24.5 Å². The van der Waals surface area contributed by atoms with Crippen LogP contribution in [-0.4, -0.2) is 10.9 Å². The molecule has 0 aliphatic carbocycles. The van der Waals surface area contributed by atoms with Gasteiger partial charge in [-0.2, -0.15) is 5.26 Å². The van der Waals surface area contributed by atoms with Crippen molar-refractivity contribution in [3.8, 4) is 6.07 Å². The number of thiazole rings is 1. The molecule has 0 atom stereocenters. The molecule has 0 aliphatic rings. The van der Waals surface area contributed by atoms with Gasteiger partial charge >= 0.3 is 0 Å². The molecule has 0 fully saturated rings. The second-order valence-electron chi connectivity index (χ2n) is 3.11. The smallest absolute Gasteiger partial charge is 0.222 e. The Labute approximate surface area is 86.6 Å². The van der Waals surface area contributed by atoms with Crippen molar-refractivity contribution in [2.45, 2.75) is 20.4 Å². The van der Waals surface area contributed by atoms with Crippen molar-refractivity contribution in [3.63, 3.8) is 0 Å². The number of carbonyl (C=O) groups excluding carboxylic acids is 1. The molecular weight excluding hydrogens is 198 g/mol. The zero-order valence-electron chi connectivity index (χ0n) is 8.07. The van der Waals surface area contributed by atoms with Gasteiger partial charge in [-0.3, -0.25) is 4.79 Å². The van der Waals surface area contributed by atoms with Crippen LogP contribution < -0.4 is 5.32 Å². The molecule has 4 nitrogen and oxygen atoms in total. The lowest BCUT2D eigenvalue weighted by Crippen LogP contribution is -2.26. The molecular formula is C9H11N3OS. The molecule has 1 amide bonds. The van der Waals surface area contributed by atoms with Crippen LogP contribution in [-0.2, 0) is 11.3 Å². The fourth-order valence-electron chi connectivity index (χ4n) is 0.810. The van der Waals surface area contributed by atoms with E-state index in [1.165, 1.54) is 11.3 Å². The van der Waals surface area contributed by atoms with E-state index in [1.54, 1.807) is 5.38 Å². The number of hydrogen-bond donors (Lipinski definition) is 1. The quantitative estimate of drug-likeness (QED) is 0.815. The topological polar surface area (TPSA) is 65.8 Å². The summed E-state index contributed by atoms with van der Waals surface area (Å²) in [4.78, 5) is 15.2. The number of aromatic nitrogens is 1. The van der Waals surface area contributed by atoms with Gasteiger partial charge in [0, 0.05) is 11.3 Å². The van der Waals surface area contributed by atoms with E-state index in [0.29, 0.717) is 12.2 Å². The van der Waals surface area contributed by atoms with Crippen molar-refractivity contribution in [2.75, 3.05) is 0 Å².